The second kappa shape index (κ2) is 51.7. The number of hydrogen-bond acceptors (Lipinski definition) is 58. The molecule has 142 heavy (non-hydrogen) atoms. The largest absolute Gasteiger partial charge is 0.394 e. The summed E-state index contributed by atoms with van der Waals surface area (Å²) in [5.41, 5.74) is 0. The van der Waals surface area contributed by atoms with Crippen LogP contribution in [0.3, 0.4) is 0 Å². The molecule has 0 unspecified atom stereocenters. The number of carbonyl (C=O) groups is 4. The molecule has 0 aromatic heterocycles. The van der Waals surface area contributed by atoms with Gasteiger partial charge in [0.1, 0.15) is 268 Å². The van der Waals surface area contributed by atoms with Crippen molar-refractivity contribution in [2.75, 3.05) is 66.1 Å². The van der Waals surface area contributed by atoms with E-state index in [1.165, 1.54) is 20.8 Å². The van der Waals surface area contributed by atoms with Crippen LogP contribution < -0.4 is 21.3 Å². The first-order valence-electron chi connectivity index (χ1n) is 45.7. The number of carbonyl (C=O) groups excluding carboxylic acids is 4. The van der Waals surface area contributed by atoms with Crippen LogP contribution in [0.4, 0.5) is 0 Å². The van der Waals surface area contributed by atoms with E-state index in [-0.39, 0.29) is 0 Å². The maximum Gasteiger partial charge on any atom is 0.217 e. The Balaban J connectivity index is 0.981. The van der Waals surface area contributed by atoms with Crippen LogP contribution in [0.25, 0.3) is 0 Å². The monoisotopic (exact) mass is 2080 g/mol. The van der Waals surface area contributed by atoms with Gasteiger partial charge < -0.3 is 289 Å². The van der Waals surface area contributed by atoms with Gasteiger partial charge in [0.05, 0.1) is 90.4 Å². The van der Waals surface area contributed by atoms with E-state index >= 15 is 0 Å². The normalized spacial score (nSPS) is 48.6. The molecule has 11 aliphatic heterocycles. The molecule has 0 spiro atoms. The molecule has 0 aliphatic carbocycles. The van der Waals surface area contributed by atoms with Gasteiger partial charge in [-0.1, -0.05) is 0 Å². The molecule has 824 valence electrons. The first-order chi connectivity index (χ1) is 67.0. The zero-order valence-corrected chi connectivity index (χ0v) is 77.1. The van der Waals surface area contributed by atoms with Crippen molar-refractivity contribution >= 4 is 23.6 Å². The zero-order chi connectivity index (χ0) is 105. The van der Waals surface area contributed by atoms with Crippen molar-refractivity contribution < 1.29 is 287 Å². The summed E-state index contributed by atoms with van der Waals surface area (Å²) < 4.78 is 133. The summed E-state index contributed by atoms with van der Waals surface area (Å²) in [6, 6.07) is -8.18. The summed E-state index contributed by atoms with van der Waals surface area (Å²) in [5, 5.41) is 371. The van der Waals surface area contributed by atoms with Gasteiger partial charge in [-0.25, -0.2) is 0 Å². The van der Waals surface area contributed by atoms with Gasteiger partial charge in [-0.15, -0.1) is 0 Å². The number of aliphatic hydroxyl groups excluding tert-OH is 32. The Morgan fingerprint density at radius 2 is 0.563 bits per heavy atom. The molecule has 11 aliphatic rings. The van der Waals surface area contributed by atoms with Gasteiger partial charge in [-0.05, 0) is 20.8 Å². The lowest BCUT2D eigenvalue weighted by molar-refractivity contribution is -0.404. The van der Waals surface area contributed by atoms with Crippen LogP contribution in [0.15, 0.2) is 0 Å². The smallest absolute Gasteiger partial charge is 0.217 e. The minimum absolute atomic E-state index is 0.862. The predicted octanol–water partition coefficient (Wildman–Crippen LogP) is -23.9. The predicted molar refractivity (Wildman–Crippen MR) is 439 cm³/mol. The third-order valence-corrected chi connectivity index (χ3v) is 26.2. The summed E-state index contributed by atoms with van der Waals surface area (Å²) in [5.74, 6) is -4.10. The van der Waals surface area contributed by atoms with Crippen molar-refractivity contribution in [2.45, 2.75) is 410 Å². The van der Waals surface area contributed by atoms with Gasteiger partial charge in [0.15, 0.2) is 69.2 Å². The lowest BCUT2D eigenvalue weighted by Gasteiger charge is -2.52. The first kappa shape index (κ1) is 118. The molecule has 62 nitrogen and oxygen atoms in total. The summed E-state index contributed by atoms with van der Waals surface area (Å²) in [7, 11) is 0. The van der Waals surface area contributed by atoms with E-state index in [0.717, 1.165) is 27.7 Å². The van der Waals surface area contributed by atoms with Gasteiger partial charge in [-0.3, -0.25) is 19.2 Å². The molecule has 0 aromatic carbocycles. The fraction of sp³-hybridized carbons (Fsp3) is 0.950. The Hall–Kier alpha value is -4.28. The van der Waals surface area contributed by atoms with Crippen LogP contribution in [0, 0.1) is 0 Å². The molecule has 0 radical (unpaired) electrons. The third kappa shape index (κ3) is 26.4. The number of rotatable bonds is 39. The van der Waals surface area contributed by atoms with Gasteiger partial charge in [0.25, 0.3) is 0 Å². The standard InChI is InChI=1S/C80H136N4O58/c1-18-38(98)48(108)55(115)73(123-18)121-16-26(97)61(41(101)25(8-85)81-21(4)93)134-70-35(82-22(5)94)47(107)62(31(13-90)130-70)135-78-60(120)67(140-80-69(54(114)45(105)30(12-89)129-80)142-72-37(84-24(7)96)66(139-75-57(117)50(110)40(100)20(3)125-75)64(33(15-92)132-72)137-77-59(119)52(112)43(103)28(10-87)127-77)46(106)34(133-78)17-122-79-68(53(113)44(104)29(11-88)128-79)141-71-36(83-23(6)95)65(138-74-56(116)49(109)39(99)19(2)124-74)63(32(14-91)131-71)136-76-58(118)51(111)42(102)27(9-86)126-76/h18-20,25-80,85-92,97-120H,8-17H2,1-7H3,(H,81,93)(H,82,94)(H,83,95)(H,84,96)/t18-,19-,20-,25-,26+,27+,28+,29+,30+,31+,32+,33+,34+,35+,36+,37+,38+,39+,40+,41+,42-,43-,44+,45+,46+,47+,48+,49+,50+,51-,52-,53-,54-,55-,56-,57+,58+,59+,60-,61+,62+,63+,64+,65+,66+,67-,68-,69-,70-,71-,72-,73+,74-,75-,76-,77-,78-,79-,80+/m0/s1. The number of aliphatic hydroxyl groups is 32. The average Bonchev–Trinajstić information content (AvgIpc) is 0.754. The molecule has 11 heterocycles. The molecular weight excluding hydrogens is 1940 g/mol. The number of amides is 4. The highest BCUT2D eigenvalue weighted by atomic mass is 16.8. The summed E-state index contributed by atoms with van der Waals surface area (Å²) in [4.78, 5) is 53.2. The van der Waals surface area contributed by atoms with E-state index in [9.17, 15) is 183 Å². The van der Waals surface area contributed by atoms with Crippen LogP contribution in [-0.4, -0.2) is 615 Å². The fourth-order valence-electron chi connectivity index (χ4n) is 18.2. The Morgan fingerprint density at radius 1 is 0.261 bits per heavy atom. The minimum atomic E-state index is -2.76. The molecule has 0 saturated carbocycles. The van der Waals surface area contributed by atoms with Gasteiger partial charge in [0.2, 0.25) is 23.6 Å². The molecule has 11 saturated heterocycles. The molecule has 36 N–H and O–H groups in total. The lowest BCUT2D eigenvalue weighted by Crippen LogP contribution is -2.71. The van der Waals surface area contributed by atoms with Gasteiger partial charge in [0, 0.05) is 27.7 Å². The maximum atomic E-state index is 13.7. The van der Waals surface area contributed by atoms with Crippen molar-refractivity contribution in [1.82, 2.24) is 21.3 Å². The van der Waals surface area contributed by atoms with Crippen molar-refractivity contribution in [3.63, 3.8) is 0 Å². The van der Waals surface area contributed by atoms with Crippen molar-refractivity contribution in [3.8, 4) is 0 Å². The number of nitrogens with one attached hydrogen (secondary N) is 4. The van der Waals surface area contributed by atoms with Crippen LogP contribution >= 0.6 is 0 Å². The molecular formula is C80H136N4O58. The summed E-state index contributed by atoms with van der Waals surface area (Å²) in [6.45, 7) is -4.87. The molecule has 62 heteroatoms. The van der Waals surface area contributed by atoms with E-state index < -0.39 is 452 Å². The van der Waals surface area contributed by atoms with E-state index in [1.807, 2.05) is 0 Å². The average molecular weight is 2080 g/mol. The van der Waals surface area contributed by atoms with Crippen LogP contribution in [0.2, 0.25) is 0 Å². The summed E-state index contributed by atoms with van der Waals surface area (Å²) in [6.07, 6.45) is -119. The minimum Gasteiger partial charge on any atom is -0.394 e. The molecule has 0 aromatic rings. The van der Waals surface area contributed by atoms with Gasteiger partial charge >= 0.3 is 0 Å². The Morgan fingerprint density at radius 3 is 0.965 bits per heavy atom. The fourth-order valence-corrected chi connectivity index (χ4v) is 18.2. The second-order valence-electron chi connectivity index (χ2n) is 36.3. The van der Waals surface area contributed by atoms with Crippen molar-refractivity contribution in [1.29, 1.82) is 0 Å². The topological polar surface area (TPSA) is 967 Å². The Kier molecular flexibility index (Phi) is 42.9. The van der Waals surface area contributed by atoms with E-state index in [2.05, 4.69) is 21.3 Å². The van der Waals surface area contributed by atoms with Crippen molar-refractivity contribution in [2.24, 2.45) is 0 Å². The SMILES string of the molecule is CC(=O)N[C@H]1[C@H](O[C@@H]([C@H](O)[C@H](CO)NC(C)=O)[C@H](O)CO[C@@H]2O[C@@H](C)[C@@H](O)[C@@H](O)[C@@H]2O)O[C@H](CO)[C@@H](O[C@@H]2O[C@H](CO[C@H]3O[C@H](CO)[C@@H](O)[C@H](O)[C@@H]3O[C@@H]3O[C@H](CO)[C@@H](O[C@@H]4O[C@H](CO)[C@H](O)[C@H](O)[C@H]4O)[C@H](O[C@@H]4O[C@@H](C)[C@@H](O)[C@@H](O)[C@@H]4O)[C@H]3NC(C)=O)[C@@H](O)[C@H](O[C@H]3O[C@H](CO)[C@@H](O)[C@H](O)[C@@H]3O[C@@H]3O[C@H](CO)[C@@H](O[C@@H]4O[C@H](CO)[C@H](O)[C@H](O)[C@H]4O)[C@H](O[C@@H]4O[C@@H](C)[C@@H](O)[C@@H](O)[C@H]4O)[C@H]3NC(C)=O)[C@@H]2O)[C@@H]1O. The Labute approximate surface area is 805 Å². The highest BCUT2D eigenvalue weighted by molar-refractivity contribution is 5.74. The first-order valence-corrected chi connectivity index (χ1v) is 45.7. The molecule has 4 amide bonds. The molecule has 11 fully saturated rings. The van der Waals surface area contributed by atoms with Crippen LogP contribution in [0.5, 0.6) is 0 Å². The highest BCUT2D eigenvalue weighted by Crippen LogP contribution is 2.43. The highest BCUT2D eigenvalue weighted by Gasteiger charge is 2.64. The molecule has 59 atom stereocenters. The van der Waals surface area contributed by atoms with Crippen LogP contribution in [0.1, 0.15) is 48.5 Å². The molecule has 11 rings (SSSR count). The van der Waals surface area contributed by atoms with Crippen molar-refractivity contribution in [3.05, 3.63) is 0 Å². The van der Waals surface area contributed by atoms with Crippen LogP contribution in [-0.2, 0) is 123 Å². The van der Waals surface area contributed by atoms with E-state index in [0.29, 0.717) is 0 Å². The lowest BCUT2D eigenvalue weighted by atomic mass is 9.93. The van der Waals surface area contributed by atoms with E-state index in [4.69, 9.17) is 104 Å². The zero-order valence-electron chi connectivity index (χ0n) is 77.1. The van der Waals surface area contributed by atoms with Gasteiger partial charge in [-0.2, -0.15) is 0 Å². The second-order valence-corrected chi connectivity index (χ2v) is 36.3. The Bertz CT molecular complexity index is 3880. The molecule has 0 bridgehead atoms. The number of hydrogen-bond donors (Lipinski definition) is 36. The third-order valence-electron chi connectivity index (χ3n) is 26.2. The quantitative estimate of drug-likeness (QED) is 0.0272. The maximum absolute atomic E-state index is 13.7. The number of ether oxygens (including phenoxy) is 22. The van der Waals surface area contributed by atoms with E-state index in [1.54, 1.807) is 0 Å². The summed E-state index contributed by atoms with van der Waals surface area (Å²) >= 11 is 0.